The molecule has 1 aromatic rings. The molecule has 0 saturated carbocycles. The van der Waals surface area contributed by atoms with E-state index in [1.165, 1.54) is 18.4 Å². The lowest BCUT2D eigenvalue weighted by Crippen LogP contribution is -2.37. The molecule has 1 aromatic carbocycles. The summed E-state index contributed by atoms with van der Waals surface area (Å²) in [5, 5.41) is 3.54. The molecule has 5 heteroatoms. The lowest BCUT2D eigenvalue weighted by atomic mass is 10.1. The summed E-state index contributed by atoms with van der Waals surface area (Å²) >= 11 is 0. The predicted molar refractivity (Wildman–Crippen MR) is 83.1 cm³/mol. The fourth-order valence-electron chi connectivity index (χ4n) is 2.63. The van der Waals surface area contributed by atoms with E-state index in [0.717, 1.165) is 26.2 Å². The number of carbonyl (C=O) groups excluding carboxylic acids is 1. The van der Waals surface area contributed by atoms with Gasteiger partial charge in [-0.25, -0.2) is 0 Å². The number of nitrogens with zero attached hydrogens (tertiary/aromatic N) is 1. The van der Waals surface area contributed by atoms with Gasteiger partial charge in [-0.15, -0.1) is 0 Å². The van der Waals surface area contributed by atoms with Gasteiger partial charge in [0.1, 0.15) is 5.75 Å². The Morgan fingerprint density at radius 3 is 2.76 bits per heavy atom. The van der Waals surface area contributed by atoms with E-state index >= 15 is 0 Å². The van der Waals surface area contributed by atoms with Gasteiger partial charge in [-0.3, -0.25) is 9.69 Å². The third kappa shape index (κ3) is 5.36. The van der Waals surface area contributed by atoms with Gasteiger partial charge >= 0.3 is 0 Å². The molecule has 21 heavy (non-hydrogen) atoms. The predicted octanol–water partition coefficient (Wildman–Crippen LogP) is 1.12. The molecule has 0 aliphatic carbocycles. The summed E-state index contributed by atoms with van der Waals surface area (Å²) in [4.78, 5) is 13.1. The quantitative estimate of drug-likeness (QED) is 0.753. The van der Waals surface area contributed by atoms with Crippen LogP contribution in [-0.2, 0) is 11.3 Å². The molecule has 0 aromatic heterocycles. The van der Waals surface area contributed by atoms with Crippen molar-refractivity contribution in [1.29, 1.82) is 0 Å². The smallest absolute Gasteiger partial charge is 0.255 e. The Morgan fingerprint density at radius 1 is 1.43 bits per heavy atom. The second kappa shape index (κ2) is 8.00. The molecule has 0 radical (unpaired) electrons. The van der Waals surface area contributed by atoms with Crippen molar-refractivity contribution in [3.63, 3.8) is 0 Å². The number of amides is 1. The Bertz CT molecular complexity index is 441. The third-order valence-corrected chi connectivity index (χ3v) is 3.80. The van der Waals surface area contributed by atoms with Crippen LogP contribution in [0.3, 0.4) is 0 Å². The number of primary amides is 1. The van der Waals surface area contributed by atoms with Gasteiger partial charge in [-0.2, -0.15) is 0 Å². The second-order valence-electron chi connectivity index (χ2n) is 5.52. The van der Waals surface area contributed by atoms with E-state index in [0.29, 0.717) is 11.8 Å². The summed E-state index contributed by atoms with van der Waals surface area (Å²) in [6, 6.07) is 8.49. The molecule has 2 rings (SSSR count). The Hall–Kier alpha value is -1.59. The van der Waals surface area contributed by atoms with E-state index in [2.05, 4.69) is 17.1 Å². The molecule has 1 saturated heterocycles. The SMILES string of the molecule is CCN(Cc1ccc(OCC(N)=O)cc1)CC1CCCN1. The van der Waals surface area contributed by atoms with Crippen molar-refractivity contribution in [3.05, 3.63) is 29.8 Å². The maximum atomic E-state index is 10.7. The van der Waals surface area contributed by atoms with Crippen LogP contribution in [0.2, 0.25) is 0 Å². The molecule has 1 unspecified atom stereocenters. The van der Waals surface area contributed by atoms with E-state index < -0.39 is 5.91 Å². The van der Waals surface area contributed by atoms with Crippen LogP contribution in [0.5, 0.6) is 5.75 Å². The first-order valence-electron chi connectivity index (χ1n) is 7.63. The Labute approximate surface area is 126 Å². The van der Waals surface area contributed by atoms with Crippen LogP contribution in [0.15, 0.2) is 24.3 Å². The minimum Gasteiger partial charge on any atom is -0.484 e. The summed E-state index contributed by atoms with van der Waals surface area (Å²) in [6.45, 7) is 6.33. The molecule has 0 spiro atoms. The average molecular weight is 291 g/mol. The highest BCUT2D eigenvalue weighted by Crippen LogP contribution is 2.15. The van der Waals surface area contributed by atoms with Crippen molar-refractivity contribution < 1.29 is 9.53 Å². The van der Waals surface area contributed by atoms with Crippen molar-refractivity contribution in [2.45, 2.75) is 32.4 Å². The molecular formula is C16H25N3O2. The van der Waals surface area contributed by atoms with Crippen LogP contribution >= 0.6 is 0 Å². The zero-order valence-electron chi connectivity index (χ0n) is 12.7. The van der Waals surface area contributed by atoms with Crippen molar-refractivity contribution in [3.8, 4) is 5.75 Å². The highest BCUT2D eigenvalue weighted by molar-refractivity contribution is 5.75. The minimum atomic E-state index is -0.458. The van der Waals surface area contributed by atoms with E-state index in [1.54, 1.807) is 0 Å². The van der Waals surface area contributed by atoms with Gasteiger partial charge in [0.15, 0.2) is 6.61 Å². The molecule has 0 bridgehead atoms. The van der Waals surface area contributed by atoms with Crippen LogP contribution < -0.4 is 15.8 Å². The van der Waals surface area contributed by atoms with Gasteiger partial charge in [0, 0.05) is 19.1 Å². The summed E-state index contributed by atoms with van der Waals surface area (Å²) in [5.41, 5.74) is 6.31. The van der Waals surface area contributed by atoms with Gasteiger partial charge in [0.05, 0.1) is 0 Å². The number of hydrogen-bond acceptors (Lipinski definition) is 4. The molecule has 1 amide bonds. The van der Waals surface area contributed by atoms with E-state index in [1.807, 2.05) is 24.3 Å². The molecule has 1 aliphatic rings. The number of nitrogens with one attached hydrogen (secondary N) is 1. The first-order chi connectivity index (χ1) is 10.2. The molecule has 3 N–H and O–H groups in total. The standard InChI is InChI=1S/C16H25N3O2/c1-2-19(11-14-4-3-9-18-14)10-13-5-7-15(8-6-13)21-12-16(17)20/h5-8,14,18H,2-4,9-12H2,1H3,(H2,17,20). The maximum Gasteiger partial charge on any atom is 0.255 e. The van der Waals surface area contributed by atoms with Gasteiger partial charge < -0.3 is 15.8 Å². The van der Waals surface area contributed by atoms with Crippen LogP contribution in [0.25, 0.3) is 0 Å². The number of hydrogen-bond donors (Lipinski definition) is 2. The summed E-state index contributed by atoms with van der Waals surface area (Å²) in [5.74, 6) is 0.221. The number of carbonyl (C=O) groups is 1. The van der Waals surface area contributed by atoms with Crippen LogP contribution in [0.4, 0.5) is 0 Å². The zero-order chi connectivity index (χ0) is 15.1. The maximum absolute atomic E-state index is 10.7. The molecule has 1 heterocycles. The van der Waals surface area contributed by atoms with Gasteiger partial charge in [-0.05, 0) is 43.6 Å². The normalized spacial score (nSPS) is 18.1. The fraction of sp³-hybridized carbons (Fsp3) is 0.562. The molecule has 5 nitrogen and oxygen atoms in total. The molecule has 1 atom stereocenters. The molecule has 116 valence electrons. The Morgan fingerprint density at radius 2 is 2.19 bits per heavy atom. The number of rotatable bonds is 8. The summed E-state index contributed by atoms with van der Waals surface area (Å²) in [7, 11) is 0. The first-order valence-corrected chi connectivity index (χ1v) is 7.63. The molecule has 1 aliphatic heterocycles. The summed E-state index contributed by atoms with van der Waals surface area (Å²) in [6.07, 6.45) is 2.56. The lowest BCUT2D eigenvalue weighted by Gasteiger charge is -2.24. The highest BCUT2D eigenvalue weighted by Gasteiger charge is 2.17. The topological polar surface area (TPSA) is 67.6 Å². The minimum absolute atomic E-state index is 0.0756. The number of nitrogens with two attached hydrogens (primary N) is 1. The average Bonchev–Trinajstić information content (AvgIpc) is 2.98. The van der Waals surface area contributed by atoms with E-state index in [4.69, 9.17) is 10.5 Å². The van der Waals surface area contributed by atoms with Crippen molar-refractivity contribution in [1.82, 2.24) is 10.2 Å². The molecular weight excluding hydrogens is 266 g/mol. The second-order valence-corrected chi connectivity index (χ2v) is 5.52. The van der Waals surface area contributed by atoms with Gasteiger partial charge in [0.2, 0.25) is 0 Å². The number of benzene rings is 1. The Balaban J connectivity index is 1.83. The summed E-state index contributed by atoms with van der Waals surface area (Å²) < 4.78 is 5.26. The fourth-order valence-corrected chi connectivity index (χ4v) is 2.63. The van der Waals surface area contributed by atoms with Crippen molar-refractivity contribution in [2.75, 3.05) is 26.2 Å². The third-order valence-electron chi connectivity index (χ3n) is 3.80. The molecule has 1 fully saturated rings. The monoisotopic (exact) mass is 291 g/mol. The van der Waals surface area contributed by atoms with Gasteiger partial charge in [-0.1, -0.05) is 19.1 Å². The Kier molecular flexibility index (Phi) is 6.02. The first kappa shape index (κ1) is 15.8. The number of ether oxygens (including phenoxy) is 1. The van der Waals surface area contributed by atoms with Crippen molar-refractivity contribution in [2.24, 2.45) is 5.73 Å². The zero-order valence-corrected chi connectivity index (χ0v) is 12.7. The van der Waals surface area contributed by atoms with Crippen LogP contribution in [0.1, 0.15) is 25.3 Å². The largest absolute Gasteiger partial charge is 0.484 e. The number of likely N-dealkylation sites (N-methyl/N-ethyl adjacent to an activating group) is 1. The highest BCUT2D eigenvalue weighted by atomic mass is 16.5. The van der Waals surface area contributed by atoms with Crippen LogP contribution in [-0.4, -0.2) is 43.1 Å². The van der Waals surface area contributed by atoms with Crippen molar-refractivity contribution >= 4 is 5.91 Å². The van der Waals surface area contributed by atoms with Gasteiger partial charge in [0.25, 0.3) is 5.91 Å². The lowest BCUT2D eigenvalue weighted by molar-refractivity contribution is -0.119. The van der Waals surface area contributed by atoms with E-state index in [-0.39, 0.29) is 6.61 Å². The van der Waals surface area contributed by atoms with E-state index in [9.17, 15) is 4.79 Å². The van der Waals surface area contributed by atoms with Crippen LogP contribution in [0, 0.1) is 0 Å².